The van der Waals surface area contributed by atoms with E-state index in [0.717, 1.165) is 0 Å². The molecule has 0 saturated carbocycles. The maximum absolute atomic E-state index is 11.3. The molecule has 0 atom stereocenters. The molecule has 0 aliphatic heterocycles. The quantitative estimate of drug-likeness (QED) is 0.674. The number of halogens is 1. The van der Waals surface area contributed by atoms with E-state index in [4.69, 9.17) is 0 Å². The van der Waals surface area contributed by atoms with Crippen molar-refractivity contribution in [3.63, 3.8) is 0 Å². The largest absolute Gasteiger partial charge is 0.342 e. The highest BCUT2D eigenvalue weighted by Gasteiger charge is 2.10. The molecule has 0 fully saturated rings. The van der Waals surface area contributed by atoms with Gasteiger partial charge in [0.1, 0.15) is 4.60 Å². The zero-order valence-corrected chi connectivity index (χ0v) is 8.37. The fourth-order valence-corrected chi connectivity index (χ4v) is 0.926. The number of carbonyl (C=O) groups is 1. The number of nitrogens with zero attached hydrogens (tertiary/aromatic N) is 3. The first-order chi connectivity index (χ1) is 5.61. The number of rotatable bonds is 1. The van der Waals surface area contributed by atoms with Crippen LogP contribution in [0.3, 0.4) is 0 Å². The van der Waals surface area contributed by atoms with Gasteiger partial charge in [-0.25, -0.2) is 9.97 Å². The number of amides is 1. The average Bonchev–Trinajstić information content (AvgIpc) is 2.03. The van der Waals surface area contributed by atoms with E-state index in [9.17, 15) is 4.79 Å². The summed E-state index contributed by atoms with van der Waals surface area (Å²) in [5.74, 6) is 0.00525. The lowest BCUT2D eigenvalue weighted by molar-refractivity contribution is 0.0815. The Morgan fingerprint density at radius 2 is 2.25 bits per heavy atom. The van der Waals surface area contributed by atoms with E-state index < -0.39 is 0 Å². The monoisotopic (exact) mass is 229 g/mol. The second kappa shape index (κ2) is 3.62. The normalized spacial score (nSPS) is 9.58. The van der Waals surface area contributed by atoms with Crippen molar-refractivity contribution < 1.29 is 4.79 Å². The Hall–Kier alpha value is -0.970. The topological polar surface area (TPSA) is 46.1 Å². The molecule has 1 aromatic heterocycles. The molecule has 0 radical (unpaired) electrons. The van der Waals surface area contributed by atoms with E-state index in [2.05, 4.69) is 25.9 Å². The van der Waals surface area contributed by atoms with Crippen molar-refractivity contribution in [2.75, 3.05) is 14.1 Å². The Labute approximate surface area is 78.8 Å². The lowest BCUT2D eigenvalue weighted by Crippen LogP contribution is -2.23. The van der Waals surface area contributed by atoms with Gasteiger partial charge in [0.05, 0.1) is 0 Å². The van der Waals surface area contributed by atoms with Gasteiger partial charge in [-0.15, -0.1) is 0 Å². The van der Waals surface area contributed by atoms with Gasteiger partial charge in [0.15, 0.2) is 0 Å². The van der Waals surface area contributed by atoms with Gasteiger partial charge in [-0.2, -0.15) is 0 Å². The van der Waals surface area contributed by atoms with Gasteiger partial charge in [-0.1, -0.05) is 0 Å². The molecule has 0 aliphatic carbocycles. The molecule has 64 valence electrons. The fourth-order valence-electron chi connectivity index (χ4n) is 0.640. The van der Waals surface area contributed by atoms with E-state index in [1.165, 1.54) is 11.1 Å². The first kappa shape index (κ1) is 9.12. The van der Waals surface area contributed by atoms with Gasteiger partial charge in [-0.05, 0) is 22.0 Å². The average molecular weight is 230 g/mol. The standard InChI is InChI=1S/C7H8BrN3O/c1-11(2)7(12)6-9-4-3-5(8)10-6/h3-4H,1-2H3. The molecular weight excluding hydrogens is 222 g/mol. The van der Waals surface area contributed by atoms with Crippen LogP contribution in [0.15, 0.2) is 16.9 Å². The van der Waals surface area contributed by atoms with Crippen molar-refractivity contribution in [3.05, 3.63) is 22.7 Å². The highest BCUT2D eigenvalue weighted by molar-refractivity contribution is 9.10. The first-order valence-electron chi connectivity index (χ1n) is 3.31. The molecule has 0 spiro atoms. The molecule has 0 bridgehead atoms. The SMILES string of the molecule is CN(C)C(=O)c1nccc(Br)n1. The summed E-state index contributed by atoms with van der Waals surface area (Å²) in [4.78, 5) is 20.4. The summed E-state index contributed by atoms with van der Waals surface area (Å²) >= 11 is 3.16. The van der Waals surface area contributed by atoms with Crippen molar-refractivity contribution in [2.45, 2.75) is 0 Å². The van der Waals surface area contributed by atoms with Gasteiger partial charge < -0.3 is 4.90 Å². The van der Waals surface area contributed by atoms with Crippen LogP contribution in [0, 0.1) is 0 Å². The fraction of sp³-hybridized carbons (Fsp3) is 0.286. The lowest BCUT2D eigenvalue weighted by Gasteiger charge is -2.07. The minimum atomic E-state index is -0.198. The second-order valence-corrected chi connectivity index (χ2v) is 3.22. The zero-order chi connectivity index (χ0) is 9.14. The van der Waals surface area contributed by atoms with Crippen molar-refractivity contribution >= 4 is 21.8 Å². The van der Waals surface area contributed by atoms with Gasteiger partial charge >= 0.3 is 0 Å². The lowest BCUT2D eigenvalue weighted by atomic mass is 10.5. The number of hydrogen-bond donors (Lipinski definition) is 0. The van der Waals surface area contributed by atoms with Gasteiger partial charge in [-0.3, -0.25) is 4.79 Å². The Kier molecular flexibility index (Phi) is 2.75. The van der Waals surface area contributed by atoms with Gasteiger partial charge in [0.25, 0.3) is 5.91 Å². The van der Waals surface area contributed by atoms with Crippen LogP contribution in [0.4, 0.5) is 0 Å². The van der Waals surface area contributed by atoms with E-state index in [1.54, 1.807) is 20.2 Å². The van der Waals surface area contributed by atoms with Crippen LogP contribution >= 0.6 is 15.9 Å². The highest BCUT2D eigenvalue weighted by atomic mass is 79.9. The third-order valence-corrected chi connectivity index (χ3v) is 1.66. The third kappa shape index (κ3) is 2.01. The smallest absolute Gasteiger partial charge is 0.291 e. The minimum Gasteiger partial charge on any atom is -0.342 e. The first-order valence-corrected chi connectivity index (χ1v) is 4.11. The van der Waals surface area contributed by atoms with E-state index in [1.807, 2.05) is 0 Å². The summed E-state index contributed by atoms with van der Waals surface area (Å²) in [5, 5.41) is 0. The Morgan fingerprint density at radius 3 is 2.75 bits per heavy atom. The molecule has 1 heterocycles. The molecule has 12 heavy (non-hydrogen) atoms. The molecule has 1 aromatic rings. The summed E-state index contributed by atoms with van der Waals surface area (Å²) in [6.45, 7) is 0. The summed E-state index contributed by atoms with van der Waals surface area (Å²) in [6.07, 6.45) is 1.54. The van der Waals surface area contributed by atoms with Crippen LogP contribution in [-0.2, 0) is 0 Å². The van der Waals surface area contributed by atoms with Crippen molar-refractivity contribution in [1.29, 1.82) is 0 Å². The molecule has 0 unspecified atom stereocenters. The van der Waals surface area contributed by atoms with Crippen LogP contribution in [-0.4, -0.2) is 34.9 Å². The maximum Gasteiger partial charge on any atom is 0.291 e. The maximum atomic E-state index is 11.3. The molecule has 4 nitrogen and oxygen atoms in total. The predicted molar refractivity (Wildman–Crippen MR) is 47.7 cm³/mol. The molecule has 1 amide bonds. The summed E-state index contributed by atoms with van der Waals surface area (Å²) in [5.41, 5.74) is 0. The summed E-state index contributed by atoms with van der Waals surface area (Å²) in [6, 6.07) is 1.67. The van der Waals surface area contributed by atoms with Crippen LogP contribution in [0.25, 0.3) is 0 Å². The van der Waals surface area contributed by atoms with Crippen molar-refractivity contribution in [2.24, 2.45) is 0 Å². The molecule has 0 aliphatic rings. The van der Waals surface area contributed by atoms with E-state index >= 15 is 0 Å². The van der Waals surface area contributed by atoms with Crippen molar-refractivity contribution in [1.82, 2.24) is 14.9 Å². The van der Waals surface area contributed by atoms with Crippen LogP contribution in [0.2, 0.25) is 0 Å². The Balaban J connectivity index is 2.96. The van der Waals surface area contributed by atoms with Crippen molar-refractivity contribution in [3.8, 4) is 0 Å². The Morgan fingerprint density at radius 1 is 1.58 bits per heavy atom. The summed E-state index contributed by atoms with van der Waals surface area (Å²) in [7, 11) is 3.32. The second-order valence-electron chi connectivity index (χ2n) is 2.40. The van der Waals surface area contributed by atoms with Gasteiger partial charge in [0, 0.05) is 20.3 Å². The Bertz CT molecular complexity index is 300. The molecular formula is C7H8BrN3O. The van der Waals surface area contributed by atoms with Crippen LogP contribution < -0.4 is 0 Å². The molecule has 0 saturated heterocycles. The van der Waals surface area contributed by atoms with E-state index in [-0.39, 0.29) is 11.7 Å². The predicted octanol–water partition coefficient (Wildman–Crippen LogP) is 0.941. The van der Waals surface area contributed by atoms with Crippen LogP contribution in [0.5, 0.6) is 0 Å². The minimum absolute atomic E-state index is 0.198. The third-order valence-electron chi connectivity index (χ3n) is 1.22. The molecule has 0 aromatic carbocycles. The number of hydrogen-bond acceptors (Lipinski definition) is 3. The highest BCUT2D eigenvalue weighted by Crippen LogP contribution is 2.04. The number of carbonyl (C=O) groups excluding carboxylic acids is 1. The van der Waals surface area contributed by atoms with E-state index in [0.29, 0.717) is 4.60 Å². The zero-order valence-electron chi connectivity index (χ0n) is 6.78. The molecule has 1 rings (SSSR count). The molecule has 5 heteroatoms. The van der Waals surface area contributed by atoms with Gasteiger partial charge in [0.2, 0.25) is 5.82 Å². The van der Waals surface area contributed by atoms with Crippen LogP contribution in [0.1, 0.15) is 10.6 Å². The number of aromatic nitrogens is 2. The molecule has 0 N–H and O–H groups in total. The summed E-state index contributed by atoms with van der Waals surface area (Å²) < 4.78 is 0.614.